The molecule has 1 rings (SSSR count). The molecule has 1 atom stereocenters. The third kappa shape index (κ3) is 4.09. The Bertz CT molecular complexity index is 362. The molecule has 0 spiro atoms. The fourth-order valence-electron chi connectivity index (χ4n) is 1.36. The van der Waals surface area contributed by atoms with Crippen molar-refractivity contribution in [2.24, 2.45) is 0 Å². The van der Waals surface area contributed by atoms with E-state index in [0.717, 1.165) is 12.0 Å². The van der Waals surface area contributed by atoms with Crippen LogP contribution in [0.1, 0.15) is 5.56 Å². The molecule has 0 aromatic heterocycles. The van der Waals surface area contributed by atoms with Crippen molar-refractivity contribution in [3.8, 4) is 11.5 Å². The van der Waals surface area contributed by atoms with Crippen LogP contribution in [0.25, 0.3) is 0 Å². The lowest BCUT2D eigenvalue weighted by Crippen LogP contribution is -2.21. The number of methoxy groups -OCH3 is 1. The van der Waals surface area contributed by atoms with Crippen LogP contribution in [0.15, 0.2) is 30.9 Å². The number of aliphatic hydroxyl groups excluding tert-OH is 2. The SMILES string of the molecule is C=CCc1ccc(OCC(O)CO)c(OC)c1. The molecule has 0 saturated heterocycles. The molecular weight excluding hydrogens is 220 g/mol. The zero-order valence-corrected chi connectivity index (χ0v) is 9.93. The van der Waals surface area contributed by atoms with E-state index in [1.807, 2.05) is 18.2 Å². The second kappa shape index (κ2) is 6.93. The van der Waals surface area contributed by atoms with Gasteiger partial charge in [0.05, 0.1) is 13.7 Å². The van der Waals surface area contributed by atoms with Crippen molar-refractivity contribution in [1.82, 2.24) is 0 Å². The second-order valence-corrected chi connectivity index (χ2v) is 3.63. The molecule has 1 aromatic rings. The van der Waals surface area contributed by atoms with E-state index in [0.29, 0.717) is 11.5 Å². The molecule has 0 aliphatic rings. The summed E-state index contributed by atoms with van der Waals surface area (Å²) in [4.78, 5) is 0. The van der Waals surface area contributed by atoms with Crippen LogP contribution >= 0.6 is 0 Å². The van der Waals surface area contributed by atoms with Crippen molar-refractivity contribution < 1.29 is 19.7 Å². The van der Waals surface area contributed by atoms with E-state index in [1.165, 1.54) is 0 Å². The van der Waals surface area contributed by atoms with Gasteiger partial charge in [-0.2, -0.15) is 0 Å². The minimum atomic E-state index is -0.882. The van der Waals surface area contributed by atoms with Gasteiger partial charge in [0.1, 0.15) is 12.7 Å². The van der Waals surface area contributed by atoms with E-state index >= 15 is 0 Å². The Labute approximate surface area is 101 Å². The van der Waals surface area contributed by atoms with Gasteiger partial charge in [-0.05, 0) is 24.1 Å². The average molecular weight is 238 g/mol. The molecule has 4 heteroatoms. The van der Waals surface area contributed by atoms with Gasteiger partial charge >= 0.3 is 0 Å². The Balaban J connectivity index is 2.74. The topological polar surface area (TPSA) is 58.9 Å². The van der Waals surface area contributed by atoms with E-state index in [9.17, 15) is 5.11 Å². The van der Waals surface area contributed by atoms with Crippen LogP contribution < -0.4 is 9.47 Å². The van der Waals surface area contributed by atoms with Gasteiger partial charge in [-0.25, -0.2) is 0 Å². The first-order valence-electron chi connectivity index (χ1n) is 5.40. The molecule has 17 heavy (non-hydrogen) atoms. The van der Waals surface area contributed by atoms with Crippen molar-refractivity contribution in [2.75, 3.05) is 20.3 Å². The Morgan fingerprint density at radius 3 is 2.76 bits per heavy atom. The molecule has 0 saturated carbocycles. The summed E-state index contributed by atoms with van der Waals surface area (Å²) >= 11 is 0. The average Bonchev–Trinajstić information content (AvgIpc) is 2.36. The number of allylic oxidation sites excluding steroid dienone is 1. The Morgan fingerprint density at radius 2 is 2.18 bits per heavy atom. The lowest BCUT2D eigenvalue weighted by Gasteiger charge is -2.13. The number of hydrogen-bond donors (Lipinski definition) is 2. The number of aliphatic hydroxyl groups is 2. The van der Waals surface area contributed by atoms with E-state index in [1.54, 1.807) is 13.2 Å². The molecule has 0 amide bonds. The van der Waals surface area contributed by atoms with Crippen LogP contribution in [-0.2, 0) is 6.42 Å². The van der Waals surface area contributed by atoms with Crippen LogP contribution in [0.4, 0.5) is 0 Å². The quantitative estimate of drug-likeness (QED) is 0.700. The summed E-state index contributed by atoms with van der Waals surface area (Å²) in [6, 6.07) is 5.55. The third-order valence-corrected chi connectivity index (χ3v) is 2.25. The van der Waals surface area contributed by atoms with Gasteiger partial charge in [-0.15, -0.1) is 6.58 Å². The van der Waals surface area contributed by atoms with Crippen LogP contribution in [0.2, 0.25) is 0 Å². The first kappa shape index (κ1) is 13.5. The first-order valence-corrected chi connectivity index (χ1v) is 5.40. The molecule has 1 aromatic carbocycles. The third-order valence-electron chi connectivity index (χ3n) is 2.25. The Kier molecular flexibility index (Phi) is 5.52. The van der Waals surface area contributed by atoms with E-state index in [-0.39, 0.29) is 13.2 Å². The maximum absolute atomic E-state index is 9.19. The highest BCUT2D eigenvalue weighted by molar-refractivity contribution is 5.43. The number of rotatable bonds is 7. The smallest absolute Gasteiger partial charge is 0.161 e. The fraction of sp³-hybridized carbons (Fsp3) is 0.385. The minimum absolute atomic E-state index is 0.0354. The lowest BCUT2D eigenvalue weighted by atomic mass is 10.1. The summed E-state index contributed by atoms with van der Waals surface area (Å²) in [6.45, 7) is 3.38. The summed E-state index contributed by atoms with van der Waals surface area (Å²) < 4.78 is 10.5. The van der Waals surface area contributed by atoms with Crippen molar-refractivity contribution in [1.29, 1.82) is 0 Å². The second-order valence-electron chi connectivity index (χ2n) is 3.63. The Morgan fingerprint density at radius 1 is 1.41 bits per heavy atom. The number of benzene rings is 1. The van der Waals surface area contributed by atoms with Gasteiger partial charge in [-0.3, -0.25) is 0 Å². The first-order chi connectivity index (χ1) is 8.21. The molecule has 94 valence electrons. The van der Waals surface area contributed by atoms with Gasteiger partial charge in [0.2, 0.25) is 0 Å². The summed E-state index contributed by atoms with van der Waals surface area (Å²) in [5, 5.41) is 17.9. The molecule has 0 aliphatic heterocycles. The van der Waals surface area contributed by atoms with Crippen molar-refractivity contribution in [3.63, 3.8) is 0 Å². The van der Waals surface area contributed by atoms with E-state index in [4.69, 9.17) is 14.6 Å². The van der Waals surface area contributed by atoms with Crippen LogP contribution in [-0.4, -0.2) is 36.6 Å². The largest absolute Gasteiger partial charge is 0.493 e. The number of hydrogen-bond acceptors (Lipinski definition) is 4. The summed E-state index contributed by atoms with van der Waals surface area (Å²) in [5.74, 6) is 1.15. The molecule has 4 nitrogen and oxygen atoms in total. The van der Waals surface area contributed by atoms with E-state index < -0.39 is 6.10 Å². The monoisotopic (exact) mass is 238 g/mol. The maximum atomic E-state index is 9.19. The predicted molar refractivity (Wildman–Crippen MR) is 65.5 cm³/mol. The van der Waals surface area contributed by atoms with Gasteiger partial charge in [0.15, 0.2) is 11.5 Å². The highest BCUT2D eigenvalue weighted by Gasteiger charge is 2.08. The van der Waals surface area contributed by atoms with Crippen molar-refractivity contribution >= 4 is 0 Å². The van der Waals surface area contributed by atoms with Crippen LogP contribution in [0.5, 0.6) is 11.5 Å². The standard InChI is InChI=1S/C13H18O4/c1-3-4-10-5-6-12(13(7-10)16-2)17-9-11(15)8-14/h3,5-7,11,14-15H,1,4,8-9H2,2H3. The molecule has 0 heterocycles. The molecule has 1 unspecified atom stereocenters. The van der Waals surface area contributed by atoms with Crippen molar-refractivity contribution in [3.05, 3.63) is 36.4 Å². The van der Waals surface area contributed by atoms with Crippen LogP contribution in [0, 0.1) is 0 Å². The van der Waals surface area contributed by atoms with Gasteiger partial charge in [0.25, 0.3) is 0 Å². The number of ether oxygens (including phenoxy) is 2. The molecule has 0 fully saturated rings. The fourth-order valence-corrected chi connectivity index (χ4v) is 1.36. The lowest BCUT2D eigenvalue weighted by molar-refractivity contribution is 0.0527. The van der Waals surface area contributed by atoms with Gasteiger partial charge in [0, 0.05) is 0 Å². The zero-order valence-electron chi connectivity index (χ0n) is 9.93. The van der Waals surface area contributed by atoms with Crippen LogP contribution in [0.3, 0.4) is 0 Å². The van der Waals surface area contributed by atoms with Crippen molar-refractivity contribution in [2.45, 2.75) is 12.5 Å². The molecule has 2 N–H and O–H groups in total. The van der Waals surface area contributed by atoms with Gasteiger partial charge in [-0.1, -0.05) is 12.1 Å². The Hall–Kier alpha value is -1.52. The minimum Gasteiger partial charge on any atom is -0.493 e. The summed E-state index contributed by atoms with van der Waals surface area (Å²) in [6.07, 6.45) is 1.69. The summed E-state index contributed by atoms with van der Waals surface area (Å²) in [5.41, 5.74) is 1.08. The highest BCUT2D eigenvalue weighted by atomic mass is 16.5. The van der Waals surface area contributed by atoms with Gasteiger partial charge < -0.3 is 19.7 Å². The molecule has 0 radical (unpaired) electrons. The zero-order chi connectivity index (χ0) is 12.7. The maximum Gasteiger partial charge on any atom is 0.161 e. The van der Waals surface area contributed by atoms with E-state index in [2.05, 4.69) is 6.58 Å². The predicted octanol–water partition coefficient (Wildman–Crippen LogP) is 1.16. The highest BCUT2D eigenvalue weighted by Crippen LogP contribution is 2.28. The molecule has 0 bridgehead atoms. The molecule has 0 aliphatic carbocycles. The normalized spacial score (nSPS) is 11.9. The molecular formula is C13H18O4. The summed E-state index contributed by atoms with van der Waals surface area (Å²) in [7, 11) is 1.56.